The molecule has 0 nitrogen and oxygen atoms in total. The summed E-state index contributed by atoms with van der Waals surface area (Å²) < 4.78 is 0. The summed E-state index contributed by atoms with van der Waals surface area (Å²) in [5, 5.41) is 0. The van der Waals surface area contributed by atoms with E-state index in [1.165, 1.54) is 51.4 Å². The van der Waals surface area contributed by atoms with Gasteiger partial charge in [-0.15, -0.1) is 0 Å². The zero-order chi connectivity index (χ0) is 32.3. The summed E-state index contributed by atoms with van der Waals surface area (Å²) in [7, 11) is 0. The first-order chi connectivity index (χ1) is 23.1. The summed E-state index contributed by atoms with van der Waals surface area (Å²) in [4.78, 5) is 0. The highest BCUT2D eigenvalue weighted by Crippen LogP contribution is 2.64. The van der Waals surface area contributed by atoms with Gasteiger partial charge in [-0.25, -0.2) is 0 Å². The Kier molecular flexibility index (Phi) is 12.5. The van der Waals surface area contributed by atoms with Gasteiger partial charge < -0.3 is 0 Å². The van der Waals surface area contributed by atoms with Crippen molar-refractivity contribution in [3.63, 3.8) is 0 Å². The predicted molar refractivity (Wildman–Crippen MR) is 203 cm³/mol. The summed E-state index contributed by atoms with van der Waals surface area (Å²) in [5.41, 5.74) is 0. The molecule has 7 aliphatic rings. The van der Waals surface area contributed by atoms with E-state index in [4.69, 9.17) is 0 Å². The number of hydrogen-bond donors (Lipinski definition) is 0. The van der Waals surface area contributed by atoms with Crippen molar-refractivity contribution in [2.24, 2.45) is 94.7 Å². The molecule has 14 atom stereocenters. The minimum atomic E-state index is 0.975. The SMILES string of the molecule is CCCCC(C1CCC2C(C)CC3CCCCC3C2C1)C1C2CCCCC2C(C(CCC)C2CCCCCCC2C)C2CCCCC21. The normalized spacial score (nSPS) is 47.2. The standard InChI is InChI=1S/C47H82/c1-5-7-21-39(35-28-29-37-33(4)30-34-20-12-13-23-38(34)45(37)31-35)46-41-24-14-16-26-43(41)47(44-27-17-15-25-42(44)46)40(18-6-2)36-22-11-9-8-10-19-32(36)3/h32-47H,5-31H2,1-4H3. The molecule has 0 aliphatic heterocycles. The molecule has 0 radical (unpaired) electrons. The topological polar surface area (TPSA) is 0 Å². The average Bonchev–Trinajstić information content (AvgIpc) is 3.09. The zero-order valence-corrected chi connectivity index (χ0v) is 32.3. The quantitative estimate of drug-likeness (QED) is 0.234. The second-order valence-corrected chi connectivity index (χ2v) is 20.1. The zero-order valence-electron chi connectivity index (χ0n) is 32.3. The molecule has 0 heteroatoms. The van der Waals surface area contributed by atoms with Crippen molar-refractivity contribution in [3.8, 4) is 0 Å². The van der Waals surface area contributed by atoms with Gasteiger partial charge in [0.25, 0.3) is 0 Å². The Balaban J connectivity index is 1.20. The number of hydrogen-bond acceptors (Lipinski definition) is 0. The fourth-order valence-electron chi connectivity index (χ4n) is 16.3. The highest BCUT2D eigenvalue weighted by molar-refractivity contribution is 5.06. The molecule has 0 bridgehead atoms. The molecule has 14 unspecified atom stereocenters. The largest absolute Gasteiger partial charge is 0.0654 e. The Morgan fingerprint density at radius 3 is 1.64 bits per heavy atom. The minimum absolute atomic E-state index is 0.975. The predicted octanol–water partition coefficient (Wildman–Crippen LogP) is 14.6. The molecule has 0 aromatic carbocycles. The molecule has 0 spiro atoms. The van der Waals surface area contributed by atoms with E-state index in [1.807, 2.05) is 0 Å². The lowest BCUT2D eigenvalue weighted by molar-refractivity contribution is -0.133. The molecule has 7 aliphatic carbocycles. The van der Waals surface area contributed by atoms with Crippen molar-refractivity contribution in [2.45, 2.75) is 201 Å². The highest BCUT2D eigenvalue weighted by Gasteiger charge is 2.57. The smallest absolute Gasteiger partial charge is 0.0321 e. The molecule has 47 heavy (non-hydrogen) atoms. The van der Waals surface area contributed by atoms with Gasteiger partial charge in [0.2, 0.25) is 0 Å². The first-order valence-corrected chi connectivity index (χ1v) is 23.1. The van der Waals surface area contributed by atoms with Crippen molar-refractivity contribution in [1.29, 1.82) is 0 Å². The molecule has 270 valence electrons. The lowest BCUT2D eigenvalue weighted by atomic mass is 9.43. The van der Waals surface area contributed by atoms with Crippen LogP contribution in [0, 0.1) is 94.7 Å². The van der Waals surface area contributed by atoms with Crippen LogP contribution in [0.4, 0.5) is 0 Å². The van der Waals surface area contributed by atoms with Gasteiger partial charge in [0.15, 0.2) is 0 Å². The molecular weight excluding hydrogens is 565 g/mol. The summed E-state index contributed by atoms with van der Waals surface area (Å²) >= 11 is 0. The van der Waals surface area contributed by atoms with Crippen molar-refractivity contribution in [1.82, 2.24) is 0 Å². The third-order valence-electron chi connectivity index (χ3n) is 18.0. The van der Waals surface area contributed by atoms with Crippen LogP contribution in [-0.2, 0) is 0 Å². The van der Waals surface area contributed by atoms with Crippen LogP contribution in [0.5, 0.6) is 0 Å². The fourth-order valence-corrected chi connectivity index (χ4v) is 16.3. The van der Waals surface area contributed by atoms with E-state index in [-0.39, 0.29) is 0 Å². The van der Waals surface area contributed by atoms with Crippen molar-refractivity contribution in [3.05, 3.63) is 0 Å². The molecule has 0 saturated heterocycles. The van der Waals surface area contributed by atoms with E-state index in [0.29, 0.717) is 0 Å². The highest BCUT2D eigenvalue weighted by atomic mass is 14.6. The fraction of sp³-hybridized carbons (Fsp3) is 1.00. The van der Waals surface area contributed by atoms with E-state index in [9.17, 15) is 0 Å². The maximum absolute atomic E-state index is 2.72. The van der Waals surface area contributed by atoms with Gasteiger partial charge in [0.05, 0.1) is 0 Å². The third kappa shape index (κ3) is 7.36. The van der Waals surface area contributed by atoms with Gasteiger partial charge in [0.1, 0.15) is 0 Å². The van der Waals surface area contributed by atoms with Crippen LogP contribution >= 0.6 is 0 Å². The third-order valence-corrected chi connectivity index (χ3v) is 18.0. The molecule has 7 fully saturated rings. The maximum Gasteiger partial charge on any atom is -0.0321 e. The Bertz CT molecular complexity index is 910. The lowest BCUT2D eigenvalue weighted by Crippen LogP contribution is -2.55. The number of unbranched alkanes of at least 4 members (excludes halogenated alkanes) is 1. The van der Waals surface area contributed by atoms with Crippen LogP contribution in [-0.4, -0.2) is 0 Å². The van der Waals surface area contributed by atoms with Crippen LogP contribution in [0.1, 0.15) is 201 Å². The van der Waals surface area contributed by atoms with E-state index < -0.39 is 0 Å². The number of fused-ring (bicyclic) bond motifs is 5. The summed E-state index contributed by atoms with van der Waals surface area (Å²) in [6.07, 6.45) is 42.2. The number of rotatable bonds is 9. The molecule has 0 aromatic heterocycles. The summed E-state index contributed by atoms with van der Waals surface area (Å²) in [6, 6.07) is 0. The van der Waals surface area contributed by atoms with Gasteiger partial charge in [-0.3, -0.25) is 0 Å². The van der Waals surface area contributed by atoms with Crippen LogP contribution < -0.4 is 0 Å². The van der Waals surface area contributed by atoms with E-state index in [0.717, 1.165) is 94.7 Å². The second-order valence-electron chi connectivity index (χ2n) is 20.1. The molecule has 7 rings (SSSR count). The molecule has 0 amide bonds. The summed E-state index contributed by atoms with van der Waals surface area (Å²) in [6.45, 7) is 10.5. The first kappa shape index (κ1) is 35.4. The maximum atomic E-state index is 2.72. The van der Waals surface area contributed by atoms with Crippen molar-refractivity contribution >= 4 is 0 Å². The Labute approximate surface area is 294 Å². The first-order valence-electron chi connectivity index (χ1n) is 23.1. The van der Waals surface area contributed by atoms with E-state index in [2.05, 4.69) is 27.7 Å². The van der Waals surface area contributed by atoms with Crippen LogP contribution in [0.25, 0.3) is 0 Å². The van der Waals surface area contributed by atoms with Gasteiger partial charge >= 0.3 is 0 Å². The van der Waals surface area contributed by atoms with E-state index >= 15 is 0 Å². The van der Waals surface area contributed by atoms with Crippen molar-refractivity contribution < 1.29 is 0 Å². The minimum Gasteiger partial charge on any atom is -0.0654 e. The van der Waals surface area contributed by atoms with Crippen molar-refractivity contribution in [2.75, 3.05) is 0 Å². The Morgan fingerprint density at radius 2 is 1.00 bits per heavy atom. The van der Waals surface area contributed by atoms with E-state index in [1.54, 1.807) is 122 Å². The lowest BCUT2D eigenvalue weighted by Gasteiger charge is -2.62. The summed E-state index contributed by atoms with van der Waals surface area (Å²) in [5.74, 6) is 17.1. The molecule has 0 heterocycles. The van der Waals surface area contributed by atoms with Crippen LogP contribution in [0.3, 0.4) is 0 Å². The molecule has 7 saturated carbocycles. The Morgan fingerprint density at radius 1 is 0.426 bits per heavy atom. The van der Waals surface area contributed by atoms with Gasteiger partial charge in [-0.1, -0.05) is 130 Å². The molecule has 0 aromatic rings. The van der Waals surface area contributed by atoms with Crippen LogP contribution in [0.15, 0.2) is 0 Å². The molecular formula is C47H82. The van der Waals surface area contributed by atoms with Gasteiger partial charge in [-0.05, 0) is 165 Å². The van der Waals surface area contributed by atoms with Crippen LogP contribution in [0.2, 0.25) is 0 Å². The molecule has 0 N–H and O–H groups in total. The second kappa shape index (κ2) is 16.6. The average molecular weight is 647 g/mol. The van der Waals surface area contributed by atoms with Gasteiger partial charge in [-0.2, -0.15) is 0 Å². The van der Waals surface area contributed by atoms with Gasteiger partial charge in [0, 0.05) is 0 Å². The monoisotopic (exact) mass is 647 g/mol. The Hall–Kier alpha value is 0.